The van der Waals surface area contributed by atoms with Gasteiger partial charge in [0.2, 0.25) is 0 Å². The van der Waals surface area contributed by atoms with E-state index in [1.54, 1.807) is 5.38 Å². The quantitative estimate of drug-likeness (QED) is 0.613. The van der Waals surface area contributed by atoms with Crippen LogP contribution in [0.3, 0.4) is 0 Å². The van der Waals surface area contributed by atoms with Gasteiger partial charge in [0, 0.05) is 18.5 Å². The molecule has 0 bridgehead atoms. The maximum absolute atomic E-state index is 11.3. The molecular weight excluding hydrogens is 202 g/mol. The highest BCUT2D eigenvalue weighted by Crippen LogP contribution is 2.10. The molecule has 1 aromatic rings. The number of nitrogens with two attached hydrogens (primary N) is 1. The lowest BCUT2D eigenvalue weighted by atomic mass is 10.3. The molecule has 0 saturated heterocycles. The lowest BCUT2D eigenvalue weighted by Gasteiger charge is -2.00. The number of anilines is 1. The van der Waals surface area contributed by atoms with Gasteiger partial charge in [0.15, 0.2) is 5.13 Å². The number of amides is 1. The molecule has 0 aliphatic carbocycles. The number of unbranched alkanes of at least 4 members (excludes halogenated alkanes) is 1. The Morgan fingerprint density at radius 2 is 2.43 bits per heavy atom. The van der Waals surface area contributed by atoms with Crippen LogP contribution in [0.1, 0.15) is 23.3 Å². The van der Waals surface area contributed by atoms with Gasteiger partial charge in [-0.15, -0.1) is 11.3 Å². The summed E-state index contributed by atoms with van der Waals surface area (Å²) in [6, 6.07) is 0. The Hall–Kier alpha value is -1.14. The number of aromatic nitrogens is 1. The van der Waals surface area contributed by atoms with E-state index in [0.717, 1.165) is 6.42 Å². The molecule has 0 unspecified atom stereocenters. The first-order valence-electron chi connectivity index (χ1n) is 4.34. The van der Waals surface area contributed by atoms with Gasteiger partial charge < -0.3 is 16.2 Å². The largest absolute Gasteiger partial charge is 0.396 e. The number of hydrogen-bond donors (Lipinski definition) is 3. The Morgan fingerprint density at radius 1 is 1.64 bits per heavy atom. The van der Waals surface area contributed by atoms with E-state index in [0.29, 0.717) is 23.8 Å². The first-order chi connectivity index (χ1) is 6.74. The van der Waals surface area contributed by atoms with Crippen molar-refractivity contribution in [2.24, 2.45) is 0 Å². The van der Waals surface area contributed by atoms with Crippen LogP contribution in [-0.2, 0) is 0 Å². The van der Waals surface area contributed by atoms with Crippen molar-refractivity contribution in [3.05, 3.63) is 11.1 Å². The van der Waals surface area contributed by atoms with E-state index in [-0.39, 0.29) is 12.5 Å². The van der Waals surface area contributed by atoms with Crippen LogP contribution >= 0.6 is 11.3 Å². The second kappa shape index (κ2) is 5.56. The molecule has 1 aromatic heterocycles. The Kier molecular flexibility index (Phi) is 4.34. The highest BCUT2D eigenvalue weighted by atomic mass is 32.1. The third kappa shape index (κ3) is 3.31. The predicted octanol–water partition coefficient (Wildman–Crippen LogP) is 0.228. The van der Waals surface area contributed by atoms with Crippen LogP contribution < -0.4 is 11.1 Å². The standard InChI is InChI=1S/C8H13N3O2S/c9-8-11-6(5-14-8)7(13)10-3-1-2-4-12/h5,12H,1-4H2,(H2,9,11)(H,10,13). The highest BCUT2D eigenvalue weighted by Gasteiger charge is 2.07. The van der Waals surface area contributed by atoms with Crippen molar-refractivity contribution in [2.45, 2.75) is 12.8 Å². The summed E-state index contributed by atoms with van der Waals surface area (Å²) in [4.78, 5) is 15.2. The van der Waals surface area contributed by atoms with E-state index in [1.807, 2.05) is 0 Å². The van der Waals surface area contributed by atoms with Gasteiger partial charge in [-0.25, -0.2) is 4.98 Å². The maximum Gasteiger partial charge on any atom is 0.270 e. The molecule has 0 spiro atoms. The summed E-state index contributed by atoms with van der Waals surface area (Å²) >= 11 is 1.24. The fourth-order valence-electron chi connectivity index (χ4n) is 0.921. The number of nitrogens with zero attached hydrogens (tertiary/aromatic N) is 1. The Morgan fingerprint density at radius 3 is 3.00 bits per heavy atom. The van der Waals surface area contributed by atoms with Crippen molar-refractivity contribution in [3.63, 3.8) is 0 Å². The molecule has 5 nitrogen and oxygen atoms in total. The second-order valence-electron chi connectivity index (χ2n) is 2.76. The molecule has 1 amide bonds. The molecule has 0 aromatic carbocycles. The molecule has 78 valence electrons. The Bertz CT molecular complexity index is 301. The van der Waals surface area contributed by atoms with Crippen molar-refractivity contribution in [1.29, 1.82) is 0 Å². The number of rotatable bonds is 5. The SMILES string of the molecule is Nc1nc(C(=O)NCCCCO)cs1. The van der Waals surface area contributed by atoms with E-state index in [9.17, 15) is 4.79 Å². The normalized spacial score (nSPS) is 10.1. The Labute approximate surface area is 86.0 Å². The molecule has 0 radical (unpaired) electrons. The zero-order valence-corrected chi connectivity index (χ0v) is 8.51. The summed E-state index contributed by atoms with van der Waals surface area (Å²) in [7, 11) is 0. The molecule has 0 aliphatic heterocycles. The van der Waals surface area contributed by atoms with Crippen LogP contribution in [0.2, 0.25) is 0 Å². The van der Waals surface area contributed by atoms with E-state index in [2.05, 4.69) is 10.3 Å². The molecule has 4 N–H and O–H groups in total. The topological polar surface area (TPSA) is 88.2 Å². The smallest absolute Gasteiger partial charge is 0.270 e. The summed E-state index contributed by atoms with van der Waals surface area (Å²) in [6.45, 7) is 0.705. The fraction of sp³-hybridized carbons (Fsp3) is 0.500. The predicted molar refractivity (Wildman–Crippen MR) is 55.2 cm³/mol. The Balaban J connectivity index is 2.29. The number of nitrogen functional groups attached to an aromatic ring is 1. The number of aliphatic hydroxyl groups is 1. The summed E-state index contributed by atoms with van der Waals surface area (Å²) in [6.07, 6.45) is 1.46. The van der Waals surface area contributed by atoms with Gasteiger partial charge in [-0.3, -0.25) is 4.79 Å². The van der Waals surface area contributed by atoms with Gasteiger partial charge in [0.05, 0.1) is 0 Å². The third-order valence-corrected chi connectivity index (χ3v) is 2.30. The van der Waals surface area contributed by atoms with Crippen molar-refractivity contribution < 1.29 is 9.90 Å². The molecule has 0 fully saturated rings. The molecule has 6 heteroatoms. The van der Waals surface area contributed by atoms with Crippen LogP contribution in [0.15, 0.2) is 5.38 Å². The average molecular weight is 215 g/mol. The van der Waals surface area contributed by atoms with Gasteiger partial charge >= 0.3 is 0 Å². The highest BCUT2D eigenvalue weighted by molar-refractivity contribution is 7.13. The minimum absolute atomic E-state index is 0.152. The number of nitrogens with one attached hydrogen (secondary N) is 1. The molecule has 0 saturated carbocycles. The minimum Gasteiger partial charge on any atom is -0.396 e. The van der Waals surface area contributed by atoms with E-state index in [1.165, 1.54) is 11.3 Å². The first-order valence-corrected chi connectivity index (χ1v) is 5.22. The minimum atomic E-state index is -0.212. The summed E-state index contributed by atoms with van der Waals surface area (Å²) in [5.74, 6) is -0.212. The van der Waals surface area contributed by atoms with Crippen molar-refractivity contribution >= 4 is 22.4 Å². The zero-order chi connectivity index (χ0) is 10.4. The number of aliphatic hydroxyl groups excluding tert-OH is 1. The molecule has 0 atom stereocenters. The first kappa shape index (κ1) is 10.9. The third-order valence-electron chi connectivity index (χ3n) is 1.63. The van der Waals surface area contributed by atoms with Crippen LogP contribution in [-0.4, -0.2) is 29.1 Å². The zero-order valence-electron chi connectivity index (χ0n) is 7.69. The number of thiazole rings is 1. The number of carbonyl (C=O) groups is 1. The van der Waals surface area contributed by atoms with E-state index >= 15 is 0 Å². The van der Waals surface area contributed by atoms with Crippen LogP contribution in [0.25, 0.3) is 0 Å². The molecular formula is C8H13N3O2S. The molecule has 0 aliphatic rings. The second-order valence-corrected chi connectivity index (χ2v) is 3.65. The van der Waals surface area contributed by atoms with E-state index in [4.69, 9.17) is 10.8 Å². The van der Waals surface area contributed by atoms with Gasteiger partial charge in [-0.2, -0.15) is 0 Å². The average Bonchev–Trinajstić information content (AvgIpc) is 2.59. The van der Waals surface area contributed by atoms with Gasteiger partial charge in [0.1, 0.15) is 5.69 Å². The lowest BCUT2D eigenvalue weighted by Crippen LogP contribution is -2.24. The summed E-state index contributed by atoms with van der Waals surface area (Å²) in [5.41, 5.74) is 5.74. The summed E-state index contributed by atoms with van der Waals surface area (Å²) < 4.78 is 0. The molecule has 1 rings (SSSR count). The molecule has 14 heavy (non-hydrogen) atoms. The fourth-order valence-corrected chi connectivity index (χ4v) is 1.46. The maximum atomic E-state index is 11.3. The van der Waals surface area contributed by atoms with Crippen LogP contribution in [0.5, 0.6) is 0 Å². The van der Waals surface area contributed by atoms with Gasteiger partial charge in [-0.05, 0) is 12.8 Å². The lowest BCUT2D eigenvalue weighted by molar-refractivity contribution is 0.0948. The van der Waals surface area contributed by atoms with Crippen molar-refractivity contribution in [2.75, 3.05) is 18.9 Å². The molecule has 1 heterocycles. The van der Waals surface area contributed by atoms with Gasteiger partial charge in [-0.1, -0.05) is 0 Å². The van der Waals surface area contributed by atoms with E-state index < -0.39 is 0 Å². The van der Waals surface area contributed by atoms with Crippen molar-refractivity contribution in [3.8, 4) is 0 Å². The van der Waals surface area contributed by atoms with Crippen molar-refractivity contribution in [1.82, 2.24) is 10.3 Å². The number of carbonyl (C=O) groups excluding carboxylic acids is 1. The number of hydrogen-bond acceptors (Lipinski definition) is 5. The van der Waals surface area contributed by atoms with Gasteiger partial charge in [0.25, 0.3) is 5.91 Å². The van der Waals surface area contributed by atoms with Crippen LogP contribution in [0, 0.1) is 0 Å². The summed E-state index contributed by atoms with van der Waals surface area (Å²) in [5, 5.41) is 13.2. The monoisotopic (exact) mass is 215 g/mol. The van der Waals surface area contributed by atoms with Crippen LogP contribution in [0.4, 0.5) is 5.13 Å².